The molecule has 3 aliphatic carbocycles. The summed E-state index contributed by atoms with van der Waals surface area (Å²) in [6, 6.07) is 9.93. The van der Waals surface area contributed by atoms with Crippen LogP contribution in [0.4, 0.5) is 0 Å². The summed E-state index contributed by atoms with van der Waals surface area (Å²) in [5.41, 5.74) is 3.26. The molecule has 0 aromatic heterocycles. The maximum atomic E-state index is 2.59. The number of halogens is 1. The monoisotopic (exact) mass is 450 g/mol. The first kappa shape index (κ1) is 18.3. The number of benzene rings is 1. The molecule has 1 aromatic rings. The van der Waals surface area contributed by atoms with Gasteiger partial charge in [-0.15, -0.1) is 0 Å². The summed E-state index contributed by atoms with van der Waals surface area (Å²) in [7, 11) is 0. The van der Waals surface area contributed by atoms with Crippen LogP contribution in [0.1, 0.15) is 94.1 Å². The fourth-order valence-electron chi connectivity index (χ4n) is 5.99. The van der Waals surface area contributed by atoms with Crippen molar-refractivity contribution >= 4 is 22.6 Å². The number of alkyl halides is 1. The third-order valence-corrected chi connectivity index (χ3v) is 8.76. The van der Waals surface area contributed by atoms with Crippen LogP contribution in [0, 0.1) is 23.7 Å². The van der Waals surface area contributed by atoms with Crippen molar-refractivity contribution in [2.24, 2.45) is 23.7 Å². The third-order valence-electron chi connectivity index (χ3n) is 7.74. The molecular formula is C24H35I. The van der Waals surface area contributed by atoms with Crippen molar-refractivity contribution in [2.75, 3.05) is 4.43 Å². The second-order valence-corrected chi connectivity index (χ2v) is 10.1. The lowest BCUT2D eigenvalue weighted by Gasteiger charge is -2.29. The van der Waals surface area contributed by atoms with E-state index in [-0.39, 0.29) is 0 Å². The van der Waals surface area contributed by atoms with Gasteiger partial charge in [0.05, 0.1) is 0 Å². The van der Waals surface area contributed by atoms with E-state index in [2.05, 4.69) is 53.8 Å². The van der Waals surface area contributed by atoms with E-state index in [1.165, 1.54) is 68.6 Å². The molecule has 3 aliphatic rings. The van der Waals surface area contributed by atoms with Crippen LogP contribution >= 0.6 is 22.6 Å². The van der Waals surface area contributed by atoms with Gasteiger partial charge in [-0.1, -0.05) is 79.5 Å². The predicted molar refractivity (Wildman–Crippen MR) is 117 cm³/mol. The lowest BCUT2D eigenvalue weighted by atomic mass is 9.76. The molecule has 1 aromatic carbocycles. The smallest absolute Gasteiger partial charge is 0.00292 e. The van der Waals surface area contributed by atoms with Crippen LogP contribution < -0.4 is 0 Å². The summed E-state index contributed by atoms with van der Waals surface area (Å²) < 4.78 is 1.39. The Bertz CT molecular complexity index is 528. The van der Waals surface area contributed by atoms with Gasteiger partial charge in [0.2, 0.25) is 0 Å². The highest BCUT2D eigenvalue weighted by Gasteiger charge is 2.54. The summed E-state index contributed by atoms with van der Waals surface area (Å²) in [6.45, 7) is 2.32. The zero-order valence-electron chi connectivity index (χ0n) is 15.9. The van der Waals surface area contributed by atoms with Crippen molar-refractivity contribution in [1.82, 2.24) is 0 Å². The molecule has 0 nitrogen and oxygen atoms in total. The number of unbranched alkanes of at least 4 members (excludes halogenated alkanes) is 2. The van der Waals surface area contributed by atoms with E-state index in [0.717, 1.165) is 35.5 Å². The van der Waals surface area contributed by atoms with Crippen LogP contribution in [0.2, 0.25) is 0 Å². The first-order valence-corrected chi connectivity index (χ1v) is 12.5. The summed E-state index contributed by atoms with van der Waals surface area (Å²) in [6.07, 6.45) is 14.5. The van der Waals surface area contributed by atoms with Crippen molar-refractivity contribution in [3.63, 3.8) is 0 Å². The zero-order chi connectivity index (χ0) is 17.2. The van der Waals surface area contributed by atoms with Gasteiger partial charge in [0.1, 0.15) is 0 Å². The van der Waals surface area contributed by atoms with Crippen LogP contribution in [0.5, 0.6) is 0 Å². The molecule has 25 heavy (non-hydrogen) atoms. The highest BCUT2D eigenvalue weighted by atomic mass is 127. The highest BCUT2D eigenvalue weighted by molar-refractivity contribution is 14.1. The average molecular weight is 450 g/mol. The van der Waals surface area contributed by atoms with Crippen molar-refractivity contribution in [1.29, 1.82) is 0 Å². The van der Waals surface area contributed by atoms with Gasteiger partial charge in [-0.2, -0.15) is 0 Å². The Labute approximate surface area is 168 Å². The fourth-order valence-corrected chi connectivity index (χ4v) is 7.29. The predicted octanol–water partition coefficient (Wildman–Crippen LogP) is 7.72. The molecular weight excluding hydrogens is 415 g/mol. The van der Waals surface area contributed by atoms with Gasteiger partial charge in [-0.3, -0.25) is 0 Å². The second kappa shape index (κ2) is 8.31. The normalized spacial score (nSPS) is 37.0. The first-order chi connectivity index (χ1) is 12.3. The van der Waals surface area contributed by atoms with Crippen LogP contribution in [0.15, 0.2) is 24.3 Å². The molecule has 2 atom stereocenters. The Morgan fingerprint density at radius 2 is 1.44 bits per heavy atom. The number of hydrogen-bond donors (Lipinski definition) is 0. The number of hydrogen-bond acceptors (Lipinski definition) is 0. The molecule has 1 heteroatoms. The minimum absolute atomic E-state index is 0.844. The highest BCUT2D eigenvalue weighted by Crippen LogP contribution is 2.62. The van der Waals surface area contributed by atoms with E-state index in [0.29, 0.717) is 0 Å². The Balaban J connectivity index is 1.26. The summed E-state index contributed by atoms with van der Waals surface area (Å²) in [5, 5.41) is 0. The lowest BCUT2D eigenvalue weighted by molar-refractivity contribution is 0.303. The molecule has 0 radical (unpaired) electrons. The average Bonchev–Trinajstić information content (AvgIpc) is 3.13. The molecule has 0 saturated heterocycles. The maximum absolute atomic E-state index is 2.59. The van der Waals surface area contributed by atoms with Gasteiger partial charge < -0.3 is 0 Å². The molecule has 0 bridgehead atoms. The van der Waals surface area contributed by atoms with E-state index >= 15 is 0 Å². The summed E-state index contributed by atoms with van der Waals surface area (Å²) >= 11 is 2.59. The van der Waals surface area contributed by atoms with Crippen LogP contribution in [0.25, 0.3) is 0 Å². The van der Waals surface area contributed by atoms with Crippen molar-refractivity contribution < 1.29 is 0 Å². The first-order valence-electron chi connectivity index (χ1n) is 11.0. The van der Waals surface area contributed by atoms with Gasteiger partial charge in [0, 0.05) is 4.43 Å². The molecule has 138 valence electrons. The van der Waals surface area contributed by atoms with Crippen LogP contribution in [-0.2, 0) is 0 Å². The lowest BCUT2D eigenvalue weighted by Crippen LogP contribution is -2.13. The molecule has 3 saturated carbocycles. The molecule has 3 fully saturated rings. The van der Waals surface area contributed by atoms with Crippen molar-refractivity contribution in [3.05, 3.63) is 35.4 Å². The van der Waals surface area contributed by atoms with Crippen LogP contribution in [-0.4, -0.2) is 4.43 Å². The van der Waals surface area contributed by atoms with Gasteiger partial charge in [-0.05, 0) is 85.2 Å². The van der Waals surface area contributed by atoms with E-state index in [1.54, 1.807) is 11.1 Å². The van der Waals surface area contributed by atoms with Gasteiger partial charge in [0.25, 0.3) is 0 Å². The Hall–Kier alpha value is -0.0500. The van der Waals surface area contributed by atoms with E-state index < -0.39 is 0 Å². The van der Waals surface area contributed by atoms with E-state index in [9.17, 15) is 0 Å². The third kappa shape index (κ3) is 4.12. The van der Waals surface area contributed by atoms with Gasteiger partial charge >= 0.3 is 0 Å². The Kier molecular flexibility index (Phi) is 6.09. The fraction of sp³-hybridized carbons (Fsp3) is 0.750. The van der Waals surface area contributed by atoms with Crippen molar-refractivity contribution in [3.8, 4) is 0 Å². The van der Waals surface area contributed by atoms with E-state index in [1.807, 2.05) is 0 Å². The van der Waals surface area contributed by atoms with Gasteiger partial charge in [-0.25, -0.2) is 0 Å². The molecule has 2 unspecified atom stereocenters. The summed E-state index contributed by atoms with van der Waals surface area (Å²) in [5.74, 6) is 5.96. The van der Waals surface area contributed by atoms with Gasteiger partial charge in [0.15, 0.2) is 0 Å². The molecule has 0 N–H and O–H groups in total. The number of fused-ring (bicyclic) bond motifs is 1. The Morgan fingerprint density at radius 1 is 0.840 bits per heavy atom. The minimum Gasteiger partial charge on any atom is -0.0861 e. The van der Waals surface area contributed by atoms with Crippen LogP contribution in [0.3, 0.4) is 0 Å². The molecule has 0 aliphatic heterocycles. The number of rotatable bonds is 7. The zero-order valence-corrected chi connectivity index (χ0v) is 18.1. The maximum Gasteiger partial charge on any atom is 0.00292 e. The molecule has 0 amide bonds. The van der Waals surface area contributed by atoms with E-state index in [4.69, 9.17) is 0 Å². The topological polar surface area (TPSA) is 0 Å². The standard InChI is InChI=1S/C24H35I/c1-2-3-4-5-17-6-8-18(9-7-17)19-10-12-20(13-11-19)21-14-22-23(15-21)24(22)16-25/h10-13,17-18,21-24H,2-9,14-16H2,1H3. The SMILES string of the molecule is CCCCCC1CCC(c2ccc(C3CC4C(CI)C4C3)cc2)CC1. The molecule has 4 rings (SSSR count). The molecule has 0 heterocycles. The molecule has 0 spiro atoms. The largest absolute Gasteiger partial charge is 0.0861 e. The minimum atomic E-state index is 0.844. The Morgan fingerprint density at radius 3 is 2.00 bits per heavy atom. The second-order valence-electron chi connectivity index (χ2n) is 9.19. The van der Waals surface area contributed by atoms with Crippen molar-refractivity contribution in [2.45, 2.75) is 83.0 Å². The summed E-state index contributed by atoms with van der Waals surface area (Å²) in [4.78, 5) is 0. The quantitative estimate of drug-likeness (QED) is 0.227.